The molecule has 0 saturated heterocycles. The molecule has 2 fully saturated rings. The molecule has 2 nitrogen and oxygen atoms in total. The van der Waals surface area contributed by atoms with Crippen molar-refractivity contribution >= 4 is 15.9 Å². The van der Waals surface area contributed by atoms with Crippen molar-refractivity contribution in [2.45, 2.75) is 56.8 Å². The Balaban J connectivity index is 1.68. The number of rotatable bonds is 6. The summed E-state index contributed by atoms with van der Waals surface area (Å²) in [5.41, 5.74) is 1.28. The maximum atomic E-state index is 6.36. The van der Waals surface area contributed by atoms with E-state index >= 15 is 0 Å². The highest BCUT2D eigenvalue weighted by Gasteiger charge is 2.26. The first kappa shape index (κ1) is 13.6. The lowest BCUT2D eigenvalue weighted by Gasteiger charge is -2.24. The van der Waals surface area contributed by atoms with E-state index in [1.54, 1.807) is 0 Å². The van der Waals surface area contributed by atoms with E-state index in [9.17, 15) is 0 Å². The van der Waals surface area contributed by atoms with Gasteiger partial charge >= 0.3 is 0 Å². The second kappa shape index (κ2) is 6.38. The molecular weight excluding hydrogens is 302 g/mol. The Hall–Kier alpha value is -0.380. The molecule has 0 aromatic heterocycles. The van der Waals surface area contributed by atoms with E-state index in [-0.39, 0.29) is 6.10 Å². The average Bonchev–Trinajstić information content (AvgIpc) is 3.11. The third kappa shape index (κ3) is 3.80. The van der Waals surface area contributed by atoms with E-state index in [0.717, 1.165) is 17.1 Å². The maximum Gasteiger partial charge on any atom is 0.0963 e. The second-order valence-electron chi connectivity index (χ2n) is 5.74. The van der Waals surface area contributed by atoms with Crippen LogP contribution in [0.2, 0.25) is 0 Å². The maximum absolute atomic E-state index is 6.36. The first-order valence-corrected chi connectivity index (χ1v) is 8.25. The van der Waals surface area contributed by atoms with Gasteiger partial charge in [-0.1, -0.05) is 47.0 Å². The molecule has 104 valence electrons. The Kier molecular flexibility index (Phi) is 4.57. The van der Waals surface area contributed by atoms with Crippen LogP contribution in [0.4, 0.5) is 0 Å². The Morgan fingerprint density at radius 1 is 1.16 bits per heavy atom. The van der Waals surface area contributed by atoms with Gasteiger partial charge in [-0.25, -0.2) is 0 Å². The van der Waals surface area contributed by atoms with E-state index in [1.165, 1.54) is 44.1 Å². The number of ether oxygens (including phenoxy) is 1. The van der Waals surface area contributed by atoms with Crippen LogP contribution >= 0.6 is 15.9 Å². The summed E-state index contributed by atoms with van der Waals surface area (Å²) in [5.74, 6) is 0. The van der Waals surface area contributed by atoms with E-state index in [0.29, 0.717) is 6.10 Å². The topological polar surface area (TPSA) is 21.3 Å². The van der Waals surface area contributed by atoms with Gasteiger partial charge < -0.3 is 10.1 Å². The molecule has 1 unspecified atom stereocenters. The molecule has 2 saturated carbocycles. The van der Waals surface area contributed by atoms with Gasteiger partial charge in [0.25, 0.3) is 0 Å². The van der Waals surface area contributed by atoms with Crippen LogP contribution in [0.3, 0.4) is 0 Å². The molecule has 3 rings (SSSR count). The van der Waals surface area contributed by atoms with Crippen LogP contribution in [0.25, 0.3) is 0 Å². The molecule has 2 aliphatic rings. The molecule has 1 aromatic carbocycles. The summed E-state index contributed by atoms with van der Waals surface area (Å²) in [5, 5.41) is 3.61. The minimum atomic E-state index is 0.180. The second-order valence-corrected chi connectivity index (χ2v) is 6.59. The molecule has 0 spiro atoms. The molecule has 19 heavy (non-hydrogen) atoms. The third-order valence-corrected chi connectivity index (χ3v) is 4.80. The van der Waals surface area contributed by atoms with Crippen LogP contribution in [0.1, 0.15) is 50.2 Å². The van der Waals surface area contributed by atoms with Gasteiger partial charge in [-0.05, 0) is 37.3 Å². The Morgan fingerprint density at radius 3 is 2.58 bits per heavy atom. The van der Waals surface area contributed by atoms with E-state index in [2.05, 4.69) is 45.5 Å². The summed E-state index contributed by atoms with van der Waals surface area (Å²) < 4.78 is 7.53. The quantitative estimate of drug-likeness (QED) is 0.847. The zero-order chi connectivity index (χ0) is 13.1. The van der Waals surface area contributed by atoms with Gasteiger partial charge in [-0.2, -0.15) is 0 Å². The molecule has 0 bridgehead atoms. The highest BCUT2D eigenvalue weighted by molar-refractivity contribution is 9.10. The number of halogens is 1. The molecule has 1 atom stereocenters. The van der Waals surface area contributed by atoms with Crippen LogP contribution in [-0.2, 0) is 4.74 Å². The predicted octanol–water partition coefficient (Wildman–Crippen LogP) is 4.20. The zero-order valence-corrected chi connectivity index (χ0v) is 12.9. The van der Waals surface area contributed by atoms with Gasteiger partial charge in [0, 0.05) is 17.1 Å². The van der Waals surface area contributed by atoms with E-state index in [1.807, 2.05) is 0 Å². The van der Waals surface area contributed by atoms with Crippen molar-refractivity contribution in [2.24, 2.45) is 0 Å². The fourth-order valence-electron chi connectivity index (χ4n) is 2.79. The molecule has 0 radical (unpaired) electrons. The summed E-state index contributed by atoms with van der Waals surface area (Å²) in [6.07, 6.45) is 8.39. The van der Waals surface area contributed by atoms with Crippen LogP contribution in [0.15, 0.2) is 28.7 Å². The van der Waals surface area contributed by atoms with Crippen LogP contribution < -0.4 is 5.32 Å². The summed E-state index contributed by atoms with van der Waals surface area (Å²) in [6.45, 7) is 0.934. The fraction of sp³-hybridized carbons (Fsp3) is 0.625. The SMILES string of the molecule is Brc1ccccc1C(CNC1CC1)OC1CCCC1. The van der Waals surface area contributed by atoms with Crippen molar-refractivity contribution in [3.8, 4) is 0 Å². The third-order valence-electron chi connectivity index (χ3n) is 4.08. The predicted molar refractivity (Wildman–Crippen MR) is 81.2 cm³/mol. The summed E-state index contributed by atoms with van der Waals surface area (Å²) in [6, 6.07) is 9.18. The first-order valence-electron chi connectivity index (χ1n) is 7.46. The van der Waals surface area contributed by atoms with Gasteiger partial charge in [0.2, 0.25) is 0 Å². The monoisotopic (exact) mass is 323 g/mol. The highest BCUT2D eigenvalue weighted by atomic mass is 79.9. The van der Waals surface area contributed by atoms with Crippen LogP contribution in [-0.4, -0.2) is 18.7 Å². The molecule has 1 aromatic rings. The summed E-state index contributed by atoms with van der Waals surface area (Å²) in [4.78, 5) is 0. The van der Waals surface area contributed by atoms with Gasteiger partial charge in [-0.15, -0.1) is 0 Å². The Morgan fingerprint density at radius 2 is 1.89 bits per heavy atom. The fourth-order valence-corrected chi connectivity index (χ4v) is 3.33. The minimum absolute atomic E-state index is 0.180. The smallest absolute Gasteiger partial charge is 0.0963 e. The molecular formula is C16H22BrNO. The van der Waals surface area contributed by atoms with Crippen LogP contribution in [0, 0.1) is 0 Å². The van der Waals surface area contributed by atoms with E-state index in [4.69, 9.17) is 4.74 Å². The molecule has 0 heterocycles. The van der Waals surface area contributed by atoms with Crippen molar-refractivity contribution in [2.75, 3.05) is 6.54 Å². The van der Waals surface area contributed by atoms with Crippen molar-refractivity contribution in [1.82, 2.24) is 5.32 Å². The minimum Gasteiger partial charge on any atom is -0.369 e. The highest BCUT2D eigenvalue weighted by Crippen LogP contribution is 2.31. The number of nitrogens with one attached hydrogen (secondary N) is 1. The molecule has 3 heteroatoms. The van der Waals surface area contributed by atoms with E-state index < -0.39 is 0 Å². The van der Waals surface area contributed by atoms with Crippen molar-refractivity contribution in [3.63, 3.8) is 0 Å². The molecule has 0 aliphatic heterocycles. The summed E-state index contributed by atoms with van der Waals surface area (Å²) in [7, 11) is 0. The van der Waals surface area contributed by atoms with Crippen molar-refractivity contribution < 1.29 is 4.74 Å². The van der Waals surface area contributed by atoms with Crippen molar-refractivity contribution in [1.29, 1.82) is 0 Å². The largest absolute Gasteiger partial charge is 0.369 e. The lowest BCUT2D eigenvalue weighted by atomic mass is 10.1. The average molecular weight is 324 g/mol. The number of hydrogen-bond acceptors (Lipinski definition) is 2. The number of benzene rings is 1. The van der Waals surface area contributed by atoms with Gasteiger partial charge in [-0.3, -0.25) is 0 Å². The van der Waals surface area contributed by atoms with Crippen molar-refractivity contribution in [3.05, 3.63) is 34.3 Å². The molecule has 0 amide bonds. The lowest BCUT2D eigenvalue weighted by Crippen LogP contribution is -2.27. The zero-order valence-electron chi connectivity index (χ0n) is 11.3. The van der Waals surface area contributed by atoms with Gasteiger partial charge in [0.15, 0.2) is 0 Å². The van der Waals surface area contributed by atoms with Gasteiger partial charge in [0.05, 0.1) is 12.2 Å². The molecule has 1 N–H and O–H groups in total. The summed E-state index contributed by atoms with van der Waals surface area (Å²) >= 11 is 3.66. The van der Waals surface area contributed by atoms with Gasteiger partial charge in [0.1, 0.15) is 0 Å². The normalized spacial score (nSPS) is 21.7. The standard InChI is InChI=1S/C16H22BrNO/c17-15-8-4-3-7-14(15)16(11-18-12-9-10-12)19-13-5-1-2-6-13/h3-4,7-8,12-13,16,18H,1-2,5-6,9-11H2. The lowest BCUT2D eigenvalue weighted by molar-refractivity contribution is -0.00928. The first-order chi connectivity index (χ1) is 9.33. The Bertz CT molecular complexity index is 413. The molecule has 2 aliphatic carbocycles. The van der Waals surface area contributed by atoms with Crippen LogP contribution in [0.5, 0.6) is 0 Å². The Labute approximate surface area is 124 Å². The number of hydrogen-bond donors (Lipinski definition) is 1.